The highest BCUT2D eigenvalue weighted by Gasteiger charge is 2.34. The van der Waals surface area contributed by atoms with E-state index in [9.17, 15) is 37.8 Å². The Bertz CT molecular complexity index is 1210. The molecule has 0 saturated carbocycles. The summed E-state index contributed by atoms with van der Waals surface area (Å²) in [7, 11) is 0. The number of carboxylic acids is 1. The van der Waals surface area contributed by atoms with E-state index in [4.69, 9.17) is 0 Å². The zero-order valence-electron chi connectivity index (χ0n) is 20.6. The lowest BCUT2D eigenvalue weighted by Gasteiger charge is -2.24. The van der Waals surface area contributed by atoms with Crippen LogP contribution in [0, 0.1) is 0 Å². The van der Waals surface area contributed by atoms with E-state index in [1.165, 1.54) is 26.0 Å². The average molecular weight is 536 g/mol. The molecule has 2 aromatic carbocycles. The van der Waals surface area contributed by atoms with Crippen LogP contribution in [-0.2, 0) is 21.4 Å². The summed E-state index contributed by atoms with van der Waals surface area (Å²) in [6.45, 7) is 3.34. The van der Waals surface area contributed by atoms with Crippen molar-refractivity contribution in [3.8, 4) is 0 Å². The Kier molecular flexibility index (Phi) is 8.61. The first-order chi connectivity index (χ1) is 17.7. The second-order valence-corrected chi connectivity index (χ2v) is 9.16. The molecule has 0 spiro atoms. The van der Waals surface area contributed by atoms with Gasteiger partial charge in [-0.3, -0.25) is 19.4 Å². The first-order valence-electron chi connectivity index (χ1n) is 11.6. The molecule has 6 N–H and O–H groups in total. The molecule has 10 nitrogen and oxygen atoms in total. The van der Waals surface area contributed by atoms with Crippen molar-refractivity contribution >= 4 is 29.4 Å². The summed E-state index contributed by atoms with van der Waals surface area (Å²) in [5, 5.41) is 30.4. The number of aliphatic imine (C=N–C) groups is 1. The van der Waals surface area contributed by atoms with Crippen LogP contribution in [-0.4, -0.2) is 53.6 Å². The van der Waals surface area contributed by atoms with Crippen LogP contribution in [0.1, 0.15) is 53.4 Å². The van der Waals surface area contributed by atoms with Crippen molar-refractivity contribution in [2.24, 2.45) is 4.99 Å². The van der Waals surface area contributed by atoms with Crippen LogP contribution < -0.4 is 21.3 Å². The maximum atomic E-state index is 13.5. The Morgan fingerprint density at radius 1 is 1.11 bits per heavy atom. The standard InChI is InChI=1S/C25H28F3N5O5/c1-24(2,38)16-8-15(9-17(11-16)25(26,27)28)19(12-21(35)36)33-20(34)13-31-22(37)14-4-3-5-18(10-14)32-23-29-6-7-30-23/h3-5,8-11,19,38H,6-7,12-13H2,1-2H3,(H,31,37)(H,33,34)(H,35,36)(H2,29,30,32). The van der Waals surface area contributed by atoms with Gasteiger partial charge in [0.05, 0.1) is 36.7 Å². The summed E-state index contributed by atoms with van der Waals surface area (Å²) in [4.78, 5) is 40.8. The van der Waals surface area contributed by atoms with Gasteiger partial charge in [-0.2, -0.15) is 13.2 Å². The summed E-state index contributed by atoms with van der Waals surface area (Å²) in [6, 6.07) is 7.77. The summed E-state index contributed by atoms with van der Waals surface area (Å²) < 4.78 is 40.5. The Hall–Kier alpha value is -4.13. The number of hydrogen-bond donors (Lipinski definition) is 6. The van der Waals surface area contributed by atoms with Crippen LogP contribution in [0.15, 0.2) is 47.5 Å². The number of nitrogens with one attached hydrogen (secondary N) is 4. The van der Waals surface area contributed by atoms with Gasteiger partial charge in [-0.25, -0.2) is 0 Å². The molecule has 0 saturated heterocycles. The molecule has 1 heterocycles. The number of guanidine groups is 1. The van der Waals surface area contributed by atoms with E-state index in [1.807, 2.05) is 0 Å². The highest BCUT2D eigenvalue weighted by Crippen LogP contribution is 2.35. The molecular weight excluding hydrogens is 507 g/mol. The number of aliphatic hydroxyl groups is 1. The molecule has 0 bridgehead atoms. The molecule has 0 aromatic heterocycles. The van der Waals surface area contributed by atoms with Crippen molar-refractivity contribution in [1.29, 1.82) is 0 Å². The summed E-state index contributed by atoms with van der Waals surface area (Å²) in [5.41, 5.74) is -2.20. The number of carboxylic acid groups (broad SMARTS) is 1. The van der Waals surface area contributed by atoms with Gasteiger partial charge in [-0.1, -0.05) is 12.1 Å². The van der Waals surface area contributed by atoms with Crippen molar-refractivity contribution < 1.29 is 37.8 Å². The van der Waals surface area contributed by atoms with E-state index in [0.29, 0.717) is 24.7 Å². The molecule has 0 radical (unpaired) electrons. The van der Waals surface area contributed by atoms with E-state index >= 15 is 0 Å². The third-order valence-electron chi connectivity index (χ3n) is 5.58. The van der Waals surface area contributed by atoms with Gasteiger partial charge in [-0.05, 0) is 55.3 Å². The molecule has 0 fully saturated rings. The third-order valence-corrected chi connectivity index (χ3v) is 5.58. The lowest BCUT2D eigenvalue weighted by Crippen LogP contribution is -2.39. The smallest absolute Gasteiger partial charge is 0.416 e. The van der Waals surface area contributed by atoms with Gasteiger partial charge in [0.25, 0.3) is 5.91 Å². The largest absolute Gasteiger partial charge is 0.481 e. The molecular formula is C25H28F3N5O5. The molecule has 13 heteroatoms. The molecule has 1 unspecified atom stereocenters. The molecule has 1 aliphatic rings. The van der Waals surface area contributed by atoms with E-state index < -0.39 is 54.1 Å². The minimum absolute atomic E-state index is 0.104. The molecule has 1 aliphatic heterocycles. The van der Waals surface area contributed by atoms with Gasteiger partial charge >= 0.3 is 12.1 Å². The normalized spacial score (nSPS) is 14.2. The lowest BCUT2D eigenvalue weighted by atomic mass is 9.91. The van der Waals surface area contributed by atoms with Crippen molar-refractivity contribution in [1.82, 2.24) is 16.0 Å². The minimum atomic E-state index is -4.77. The van der Waals surface area contributed by atoms with Crippen LogP contribution in [0.5, 0.6) is 0 Å². The van der Waals surface area contributed by atoms with Gasteiger partial charge in [0.1, 0.15) is 0 Å². The number of rotatable bonds is 9. The maximum absolute atomic E-state index is 13.5. The van der Waals surface area contributed by atoms with Crippen LogP contribution in [0.2, 0.25) is 0 Å². The number of halogens is 3. The number of carbonyl (C=O) groups excluding carboxylic acids is 2. The predicted octanol–water partition coefficient (Wildman–Crippen LogP) is 2.37. The van der Waals surface area contributed by atoms with Crippen LogP contribution in [0.25, 0.3) is 0 Å². The Morgan fingerprint density at radius 2 is 1.82 bits per heavy atom. The second kappa shape index (κ2) is 11.5. The van der Waals surface area contributed by atoms with Gasteiger partial charge in [0.2, 0.25) is 5.91 Å². The van der Waals surface area contributed by atoms with Gasteiger partial charge < -0.3 is 31.5 Å². The number of amides is 2. The van der Waals surface area contributed by atoms with Gasteiger partial charge in [0, 0.05) is 17.8 Å². The molecule has 2 aromatic rings. The summed E-state index contributed by atoms with van der Waals surface area (Å²) >= 11 is 0. The number of nitrogens with zero attached hydrogens (tertiary/aromatic N) is 1. The Morgan fingerprint density at radius 3 is 2.42 bits per heavy atom. The van der Waals surface area contributed by atoms with E-state index in [-0.39, 0.29) is 16.7 Å². The van der Waals surface area contributed by atoms with Crippen molar-refractivity contribution in [3.63, 3.8) is 0 Å². The zero-order chi connectivity index (χ0) is 28.1. The fourth-order valence-electron chi connectivity index (χ4n) is 3.66. The highest BCUT2D eigenvalue weighted by molar-refractivity contribution is 5.99. The second-order valence-electron chi connectivity index (χ2n) is 9.16. The number of alkyl halides is 3. The van der Waals surface area contributed by atoms with E-state index in [1.54, 1.807) is 18.2 Å². The fraction of sp³-hybridized carbons (Fsp3) is 0.360. The fourth-order valence-corrected chi connectivity index (χ4v) is 3.66. The Balaban J connectivity index is 1.72. The number of aliphatic carboxylic acids is 1. The van der Waals surface area contributed by atoms with E-state index in [2.05, 4.69) is 26.3 Å². The summed E-state index contributed by atoms with van der Waals surface area (Å²) in [6.07, 6.45) is -5.50. The van der Waals surface area contributed by atoms with Crippen LogP contribution in [0.4, 0.5) is 18.9 Å². The number of anilines is 1. The van der Waals surface area contributed by atoms with Crippen molar-refractivity contribution in [2.45, 2.75) is 38.1 Å². The third kappa shape index (κ3) is 7.93. The predicted molar refractivity (Wildman–Crippen MR) is 133 cm³/mol. The van der Waals surface area contributed by atoms with Crippen LogP contribution >= 0.6 is 0 Å². The SMILES string of the molecule is CC(C)(O)c1cc(C(CC(=O)O)NC(=O)CNC(=O)c2cccc(NC3=NCCN3)c2)cc(C(F)(F)F)c1. The van der Waals surface area contributed by atoms with Crippen molar-refractivity contribution in [2.75, 3.05) is 25.0 Å². The maximum Gasteiger partial charge on any atom is 0.416 e. The van der Waals surface area contributed by atoms with Gasteiger partial charge in [-0.15, -0.1) is 0 Å². The molecule has 0 aliphatic carbocycles. The number of benzene rings is 2. The monoisotopic (exact) mass is 535 g/mol. The molecule has 3 rings (SSSR count). The first-order valence-corrected chi connectivity index (χ1v) is 11.6. The lowest BCUT2D eigenvalue weighted by molar-refractivity contribution is -0.138. The van der Waals surface area contributed by atoms with E-state index in [0.717, 1.165) is 12.1 Å². The minimum Gasteiger partial charge on any atom is -0.481 e. The number of carbonyl (C=O) groups is 3. The highest BCUT2D eigenvalue weighted by atomic mass is 19.4. The molecule has 204 valence electrons. The quantitative estimate of drug-likeness (QED) is 0.288. The van der Waals surface area contributed by atoms with Crippen molar-refractivity contribution in [3.05, 3.63) is 64.7 Å². The summed E-state index contributed by atoms with van der Waals surface area (Å²) in [5.74, 6) is -2.21. The van der Waals surface area contributed by atoms with Crippen LogP contribution in [0.3, 0.4) is 0 Å². The topological polar surface area (TPSA) is 152 Å². The first kappa shape index (κ1) is 28.4. The molecule has 1 atom stereocenters. The zero-order valence-corrected chi connectivity index (χ0v) is 20.6. The number of hydrogen-bond acceptors (Lipinski definition) is 7. The van der Waals surface area contributed by atoms with Gasteiger partial charge in [0.15, 0.2) is 5.96 Å². The molecule has 38 heavy (non-hydrogen) atoms. The Labute approximate surface area is 216 Å². The average Bonchev–Trinajstić information content (AvgIpc) is 3.33. The molecule has 2 amide bonds.